The fourth-order valence-electron chi connectivity index (χ4n) is 3.43. The molecule has 0 spiro atoms. The quantitative estimate of drug-likeness (QED) is 0.766. The van der Waals surface area contributed by atoms with Gasteiger partial charge in [-0.15, -0.1) is 10.2 Å². The molecule has 1 saturated heterocycles. The van der Waals surface area contributed by atoms with Crippen molar-refractivity contribution < 1.29 is 10.2 Å². The molecule has 2 aromatic rings. The smallest absolute Gasteiger partial charge is 0.152 e. The summed E-state index contributed by atoms with van der Waals surface area (Å²) in [4.78, 5) is 6.39. The third-order valence-corrected chi connectivity index (χ3v) is 4.99. The molecule has 132 valence electrons. The molecule has 2 aromatic heterocycles. The molecule has 8 nitrogen and oxygen atoms in total. The topological polar surface area (TPSA) is 92.2 Å². The van der Waals surface area contributed by atoms with Crippen molar-refractivity contribution in [1.29, 1.82) is 0 Å². The van der Waals surface area contributed by atoms with E-state index in [1.165, 1.54) is 0 Å². The highest BCUT2D eigenvalue weighted by molar-refractivity contribution is 5.05. The number of nitrogens with zero attached hydrogens (tertiary/aromatic N) is 6. The van der Waals surface area contributed by atoms with Crippen molar-refractivity contribution in [1.82, 2.24) is 29.2 Å². The number of aromatic nitrogens is 5. The Morgan fingerprint density at radius 3 is 2.75 bits per heavy atom. The fraction of sp³-hybridized carbons (Fsp3) is 0.688. The van der Waals surface area contributed by atoms with E-state index >= 15 is 0 Å². The first-order chi connectivity index (χ1) is 11.6. The van der Waals surface area contributed by atoms with Crippen molar-refractivity contribution in [2.24, 2.45) is 7.05 Å². The van der Waals surface area contributed by atoms with E-state index in [9.17, 15) is 10.2 Å². The summed E-state index contributed by atoms with van der Waals surface area (Å²) in [5.74, 6) is 3.11. The van der Waals surface area contributed by atoms with Crippen LogP contribution in [0.3, 0.4) is 0 Å². The van der Waals surface area contributed by atoms with Crippen molar-refractivity contribution in [2.75, 3.05) is 26.3 Å². The van der Waals surface area contributed by atoms with E-state index in [1.54, 1.807) is 6.20 Å². The van der Waals surface area contributed by atoms with Crippen LogP contribution in [0.25, 0.3) is 0 Å². The number of hydrogen-bond donors (Lipinski definition) is 2. The van der Waals surface area contributed by atoms with Gasteiger partial charge in [0.1, 0.15) is 11.6 Å². The second-order valence-electron chi connectivity index (χ2n) is 6.49. The fourth-order valence-corrected chi connectivity index (χ4v) is 3.43. The van der Waals surface area contributed by atoms with Crippen LogP contribution in [0.5, 0.6) is 0 Å². The lowest BCUT2D eigenvalue weighted by atomic mass is 9.96. The van der Waals surface area contributed by atoms with Gasteiger partial charge in [-0.2, -0.15) is 0 Å². The molecule has 24 heavy (non-hydrogen) atoms. The Labute approximate surface area is 141 Å². The summed E-state index contributed by atoms with van der Waals surface area (Å²) < 4.78 is 4.12. The minimum absolute atomic E-state index is 0.0206. The minimum atomic E-state index is -0.186. The van der Waals surface area contributed by atoms with Crippen LogP contribution in [-0.4, -0.2) is 71.8 Å². The van der Waals surface area contributed by atoms with E-state index in [4.69, 9.17) is 0 Å². The summed E-state index contributed by atoms with van der Waals surface area (Å²) in [5, 5.41) is 27.6. The van der Waals surface area contributed by atoms with Gasteiger partial charge in [0.05, 0.1) is 25.8 Å². The van der Waals surface area contributed by atoms with Gasteiger partial charge in [0.2, 0.25) is 0 Å². The van der Waals surface area contributed by atoms with Crippen LogP contribution < -0.4 is 0 Å². The van der Waals surface area contributed by atoms with Crippen LogP contribution in [0.1, 0.15) is 36.2 Å². The molecule has 0 amide bonds. The standard InChI is InChI=1S/C16H26N6O2/c1-12-17-5-7-21(12)9-15-18-19-16(20(15)2)13-4-3-6-22(8-13)14(10-23)11-24/h5,7,13-14,23-24H,3-4,6,8-11H2,1-2H3/t13-/m1/s1. The molecule has 8 heteroatoms. The lowest BCUT2D eigenvalue weighted by Crippen LogP contribution is -2.46. The van der Waals surface area contributed by atoms with E-state index in [2.05, 4.69) is 29.2 Å². The molecule has 0 radical (unpaired) electrons. The number of aryl methyl sites for hydroxylation is 1. The molecule has 1 fully saturated rings. The van der Waals surface area contributed by atoms with Gasteiger partial charge in [0.15, 0.2) is 5.82 Å². The summed E-state index contributed by atoms with van der Waals surface area (Å²) >= 11 is 0. The molecule has 0 saturated carbocycles. The van der Waals surface area contributed by atoms with Crippen LogP contribution >= 0.6 is 0 Å². The van der Waals surface area contributed by atoms with Crippen molar-refractivity contribution in [3.63, 3.8) is 0 Å². The van der Waals surface area contributed by atoms with E-state index in [0.717, 1.165) is 43.4 Å². The van der Waals surface area contributed by atoms with E-state index < -0.39 is 0 Å². The molecule has 1 atom stereocenters. The Morgan fingerprint density at radius 2 is 2.08 bits per heavy atom. The largest absolute Gasteiger partial charge is 0.395 e. The third-order valence-electron chi connectivity index (χ3n) is 4.99. The summed E-state index contributed by atoms with van der Waals surface area (Å²) in [6.45, 7) is 4.28. The first kappa shape index (κ1) is 17.1. The Kier molecular flexibility index (Phi) is 5.27. The van der Waals surface area contributed by atoms with E-state index in [0.29, 0.717) is 6.54 Å². The molecule has 3 rings (SSSR count). The zero-order valence-corrected chi connectivity index (χ0v) is 14.3. The zero-order valence-electron chi connectivity index (χ0n) is 14.3. The maximum absolute atomic E-state index is 9.42. The number of imidazole rings is 1. The Hall–Kier alpha value is -1.77. The van der Waals surface area contributed by atoms with Gasteiger partial charge < -0.3 is 19.3 Å². The molecule has 1 aliphatic heterocycles. The molecular formula is C16H26N6O2. The molecule has 0 unspecified atom stereocenters. The third kappa shape index (κ3) is 3.35. The normalized spacial score (nSPS) is 19.3. The van der Waals surface area contributed by atoms with E-state index in [1.807, 2.05) is 20.2 Å². The molecule has 1 aliphatic rings. The number of rotatable bonds is 6. The summed E-state index contributed by atoms with van der Waals surface area (Å²) in [5.41, 5.74) is 0. The van der Waals surface area contributed by atoms with Crippen LogP contribution in [0.15, 0.2) is 12.4 Å². The van der Waals surface area contributed by atoms with Crippen molar-refractivity contribution >= 4 is 0 Å². The monoisotopic (exact) mass is 334 g/mol. The SMILES string of the molecule is Cc1nccn1Cc1nnc([C@@H]2CCCN(C(CO)CO)C2)n1C. The number of aliphatic hydroxyl groups excluding tert-OH is 2. The molecule has 0 bridgehead atoms. The van der Waals surface area contributed by atoms with Gasteiger partial charge in [-0.05, 0) is 26.3 Å². The predicted molar refractivity (Wildman–Crippen MR) is 88.6 cm³/mol. The molecule has 2 N–H and O–H groups in total. The summed E-state index contributed by atoms with van der Waals surface area (Å²) in [6, 6.07) is -0.186. The first-order valence-electron chi connectivity index (χ1n) is 8.45. The molecular weight excluding hydrogens is 308 g/mol. The van der Waals surface area contributed by atoms with Gasteiger partial charge in [-0.1, -0.05) is 0 Å². The predicted octanol–water partition coefficient (Wildman–Crippen LogP) is -0.0991. The lowest BCUT2D eigenvalue weighted by molar-refractivity contribution is 0.0537. The highest BCUT2D eigenvalue weighted by atomic mass is 16.3. The minimum Gasteiger partial charge on any atom is -0.395 e. The molecule has 3 heterocycles. The van der Waals surface area contributed by atoms with Crippen LogP contribution in [0, 0.1) is 6.92 Å². The number of hydrogen-bond acceptors (Lipinski definition) is 6. The van der Waals surface area contributed by atoms with Gasteiger partial charge in [0.25, 0.3) is 0 Å². The maximum Gasteiger partial charge on any atom is 0.152 e. The highest BCUT2D eigenvalue weighted by Gasteiger charge is 2.29. The van der Waals surface area contributed by atoms with Gasteiger partial charge in [0, 0.05) is 31.9 Å². The zero-order chi connectivity index (χ0) is 17.1. The molecule has 0 aliphatic carbocycles. The average Bonchev–Trinajstić information content (AvgIpc) is 3.16. The Balaban J connectivity index is 1.74. The Morgan fingerprint density at radius 1 is 1.29 bits per heavy atom. The van der Waals surface area contributed by atoms with Crippen molar-refractivity contribution in [2.45, 2.75) is 38.3 Å². The first-order valence-corrected chi connectivity index (χ1v) is 8.45. The number of piperidine rings is 1. The van der Waals surface area contributed by atoms with Crippen molar-refractivity contribution in [3.05, 3.63) is 29.9 Å². The second-order valence-corrected chi connectivity index (χ2v) is 6.49. The van der Waals surface area contributed by atoms with Gasteiger partial charge in [-0.25, -0.2) is 4.98 Å². The maximum atomic E-state index is 9.42. The summed E-state index contributed by atoms with van der Waals surface area (Å²) in [7, 11) is 2.01. The Bertz CT molecular complexity index is 663. The molecule has 0 aromatic carbocycles. The van der Waals surface area contributed by atoms with Crippen molar-refractivity contribution in [3.8, 4) is 0 Å². The van der Waals surface area contributed by atoms with E-state index in [-0.39, 0.29) is 25.2 Å². The van der Waals surface area contributed by atoms with Gasteiger partial charge in [-0.3, -0.25) is 4.90 Å². The van der Waals surface area contributed by atoms with Crippen LogP contribution in [0.2, 0.25) is 0 Å². The summed E-state index contributed by atoms with van der Waals surface area (Å²) in [6.07, 6.45) is 5.81. The lowest BCUT2D eigenvalue weighted by Gasteiger charge is -2.36. The average molecular weight is 334 g/mol. The van der Waals surface area contributed by atoms with Crippen LogP contribution in [0.4, 0.5) is 0 Å². The highest BCUT2D eigenvalue weighted by Crippen LogP contribution is 2.27. The number of aliphatic hydroxyl groups is 2. The van der Waals surface area contributed by atoms with Gasteiger partial charge >= 0.3 is 0 Å². The van der Waals surface area contributed by atoms with Crippen LogP contribution in [-0.2, 0) is 13.6 Å². The second kappa shape index (κ2) is 7.42. The number of likely N-dealkylation sites (tertiary alicyclic amines) is 1.